The molecule has 4 rings (SSSR count). The number of benzene rings is 2. The first-order valence-corrected chi connectivity index (χ1v) is 9.41. The molecule has 1 N–H and O–H groups in total. The second kappa shape index (κ2) is 8.20. The average Bonchev–Trinajstić information content (AvgIpc) is 3.19. The number of rotatable bonds is 6. The van der Waals surface area contributed by atoms with Gasteiger partial charge in [0.2, 0.25) is 5.91 Å². The number of carbonyl (C=O) groups is 1. The second-order valence-corrected chi connectivity index (χ2v) is 6.85. The lowest BCUT2D eigenvalue weighted by Gasteiger charge is -2.08. The Labute approximate surface area is 172 Å². The van der Waals surface area contributed by atoms with Gasteiger partial charge in [0.05, 0.1) is 13.4 Å². The van der Waals surface area contributed by atoms with Crippen LogP contribution in [0, 0.1) is 6.92 Å². The van der Waals surface area contributed by atoms with E-state index in [2.05, 4.69) is 15.5 Å². The fourth-order valence-electron chi connectivity index (χ4n) is 3.06. The monoisotopic (exact) mass is 404 g/mol. The van der Waals surface area contributed by atoms with Crippen LogP contribution in [0.15, 0.2) is 64.2 Å². The first-order valence-electron chi connectivity index (χ1n) is 9.41. The summed E-state index contributed by atoms with van der Waals surface area (Å²) < 4.78 is 11.8. The molecule has 152 valence electrons. The topological polar surface area (TPSA) is 99.2 Å². The molecular weight excluding hydrogens is 384 g/mol. The Morgan fingerprint density at radius 3 is 2.77 bits per heavy atom. The van der Waals surface area contributed by atoms with Crippen molar-refractivity contribution in [3.05, 3.63) is 70.8 Å². The van der Waals surface area contributed by atoms with Gasteiger partial charge in [0, 0.05) is 30.3 Å². The quantitative estimate of drug-likeness (QED) is 0.529. The summed E-state index contributed by atoms with van der Waals surface area (Å²) in [6.45, 7) is 2.16. The third-order valence-corrected chi connectivity index (χ3v) is 4.71. The molecular formula is C22H20N4O4. The van der Waals surface area contributed by atoms with Crippen LogP contribution in [0.25, 0.3) is 22.4 Å². The highest BCUT2D eigenvalue weighted by Gasteiger charge is 2.16. The lowest BCUT2D eigenvalue weighted by atomic mass is 10.1. The zero-order valence-electron chi connectivity index (χ0n) is 16.6. The minimum Gasteiger partial charge on any atom is -0.497 e. The lowest BCUT2D eigenvalue weighted by Crippen LogP contribution is -2.23. The molecule has 0 aliphatic heterocycles. The van der Waals surface area contributed by atoms with Gasteiger partial charge in [-0.05, 0) is 19.1 Å². The Bertz CT molecular complexity index is 1260. The summed E-state index contributed by atoms with van der Waals surface area (Å²) >= 11 is 0. The van der Waals surface area contributed by atoms with Crippen LogP contribution in [0.5, 0.6) is 5.75 Å². The van der Waals surface area contributed by atoms with Crippen molar-refractivity contribution in [2.45, 2.75) is 19.9 Å². The number of nitrogens with one attached hydrogen (secondary N) is 1. The van der Waals surface area contributed by atoms with E-state index in [0.29, 0.717) is 22.6 Å². The van der Waals surface area contributed by atoms with Crippen LogP contribution in [0.1, 0.15) is 12.0 Å². The van der Waals surface area contributed by atoms with Gasteiger partial charge in [-0.1, -0.05) is 41.1 Å². The smallest absolute Gasteiger partial charge is 0.299 e. The van der Waals surface area contributed by atoms with Crippen molar-refractivity contribution >= 4 is 22.7 Å². The summed E-state index contributed by atoms with van der Waals surface area (Å²) in [5.41, 5.74) is 3.18. The number of hydrogen-bond donors (Lipinski definition) is 1. The third-order valence-electron chi connectivity index (χ3n) is 4.71. The van der Waals surface area contributed by atoms with Crippen molar-refractivity contribution in [3.63, 3.8) is 0 Å². The van der Waals surface area contributed by atoms with Gasteiger partial charge in [-0.2, -0.15) is 0 Å². The van der Waals surface area contributed by atoms with Gasteiger partial charge in [-0.25, -0.2) is 4.98 Å². The first kappa shape index (κ1) is 19.4. The van der Waals surface area contributed by atoms with Crippen molar-refractivity contribution in [2.75, 3.05) is 12.4 Å². The van der Waals surface area contributed by atoms with Crippen molar-refractivity contribution in [1.82, 2.24) is 14.7 Å². The van der Waals surface area contributed by atoms with E-state index in [1.54, 1.807) is 31.4 Å². The predicted octanol–water partition coefficient (Wildman–Crippen LogP) is 3.40. The summed E-state index contributed by atoms with van der Waals surface area (Å²) in [7, 11) is 1.56. The molecule has 0 unspecified atom stereocenters. The van der Waals surface area contributed by atoms with E-state index in [4.69, 9.17) is 9.26 Å². The summed E-state index contributed by atoms with van der Waals surface area (Å²) in [4.78, 5) is 29.3. The molecule has 30 heavy (non-hydrogen) atoms. The summed E-state index contributed by atoms with van der Waals surface area (Å²) in [6.07, 6.45) is 1.52. The SMILES string of the molecule is COc1cccc(NC(=O)CCn2cnc3c(-c4ccc(C)cc4)noc3c2=O)c1. The highest BCUT2D eigenvalue weighted by atomic mass is 16.5. The normalized spacial score (nSPS) is 10.9. The van der Waals surface area contributed by atoms with Crippen molar-refractivity contribution in [1.29, 1.82) is 0 Å². The largest absolute Gasteiger partial charge is 0.497 e. The predicted molar refractivity (Wildman–Crippen MR) is 112 cm³/mol. The van der Waals surface area contributed by atoms with Gasteiger partial charge in [0.15, 0.2) is 0 Å². The Kier molecular flexibility index (Phi) is 5.30. The maximum absolute atomic E-state index is 12.7. The number of nitrogens with zero attached hydrogens (tertiary/aromatic N) is 3. The number of anilines is 1. The molecule has 1 amide bonds. The average molecular weight is 404 g/mol. The molecule has 0 spiro atoms. The molecule has 2 aromatic carbocycles. The van der Waals surface area contributed by atoms with Crippen LogP contribution >= 0.6 is 0 Å². The van der Waals surface area contributed by atoms with Crippen LogP contribution in [-0.4, -0.2) is 27.7 Å². The molecule has 0 fully saturated rings. The molecule has 8 nitrogen and oxygen atoms in total. The number of amides is 1. The molecule has 0 aliphatic rings. The van der Waals surface area contributed by atoms with Gasteiger partial charge >= 0.3 is 0 Å². The number of methoxy groups -OCH3 is 1. The van der Waals surface area contributed by atoms with Crippen LogP contribution < -0.4 is 15.6 Å². The zero-order chi connectivity index (χ0) is 21.1. The van der Waals surface area contributed by atoms with Gasteiger partial charge in [0.1, 0.15) is 17.0 Å². The van der Waals surface area contributed by atoms with Crippen molar-refractivity contribution < 1.29 is 14.1 Å². The highest BCUT2D eigenvalue weighted by molar-refractivity contribution is 5.91. The van der Waals surface area contributed by atoms with E-state index in [1.165, 1.54) is 10.9 Å². The number of fused-ring (bicyclic) bond motifs is 1. The molecule has 0 saturated carbocycles. The third kappa shape index (κ3) is 3.93. The van der Waals surface area contributed by atoms with Crippen LogP contribution in [0.2, 0.25) is 0 Å². The molecule has 0 bridgehead atoms. The number of ether oxygens (including phenoxy) is 1. The number of hydrogen-bond acceptors (Lipinski definition) is 6. The van der Waals surface area contributed by atoms with Crippen LogP contribution in [0.4, 0.5) is 5.69 Å². The van der Waals surface area contributed by atoms with Gasteiger partial charge in [-0.3, -0.25) is 14.2 Å². The Balaban J connectivity index is 1.49. The first-order chi connectivity index (χ1) is 14.5. The van der Waals surface area contributed by atoms with Crippen LogP contribution in [0.3, 0.4) is 0 Å². The summed E-state index contributed by atoms with van der Waals surface area (Å²) in [5.74, 6) is 0.418. The summed E-state index contributed by atoms with van der Waals surface area (Å²) in [5, 5.41) is 6.81. The minimum atomic E-state index is -0.375. The molecule has 0 aliphatic carbocycles. The molecule has 0 radical (unpaired) electrons. The maximum atomic E-state index is 12.7. The molecule has 0 atom stereocenters. The molecule has 0 saturated heterocycles. The van der Waals surface area contributed by atoms with E-state index in [1.807, 2.05) is 31.2 Å². The zero-order valence-corrected chi connectivity index (χ0v) is 16.6. The Morgan fingerprint density at radius 1 is 1.20 bits per heavy atom. The van der Waals surface area contributed by atoms with Gasteiger partial charge in [-0.15, -0.1) is 0 Å². The number of carbonyl (C=O) groups excluding carboxylic acids is 1. The second-order valence-electron chi connectivity index (χ2n) is 6.85. The van der Waals surface area contributed by atoms with E-state index in [0.717, 1.165) is 11.1 Å². The number of aromatic nitrogens is 3. The molecule has 2 heterocycles. The van der Waals surface area contributed by atoms with E-state index < -0.39 is 0 Å². The van der Waals surface area contributed by atoms with E-state index in [-0.39, 0.29) is 30.0 Å². The fourth-order valence-corrected chi connectivity index (χ4v) is 3.06. The Morgan fingerprint density at radius 2 is 2.00 bits per heavy atom. The van der Waals surface area contributed by atoms with Gasteiger partial charge in [0.25, 0.3) is 11.1 Å². The van der Waals surface area contributed by atoms with Crippen LogP contribution in [-0.2, 0) is 11.3 Å². The number of aryl methyl sites for hydroxylation is 2. The van der Waals surface area contributed by atoms with E-state index in [9.17, 15) is 9.59 Å². The standard InChI is InChI=1S/C22H20N4O4/c1-14-6-8-15(9-7-14)19-20-21(30-25-19)22(28)26(13-23-20)11-10-18(27)24-16-4-3-5-17(12-16)29-2/h3-9,12-13H,10-11H2,1-2H3,(H,24,27). The maximum Gasteiger partial charge on any atom is 0.299 e. The Hall–Kier alpha value is -3.94. The van der Waals surface area contributed by atoms with Gasteiger partial charge < -0.3 is 14.6 Å². The van der Waals surface area contributed by atoms with E-state index >= 15 is 0 Å². The molecule has 2 aromatic heterocycles. The minimum absolute atomic E-state index is 0.0706. The van der Waals surface area contributed by atoms with Crippen molar-refractivity contribution in [2.24, 2.45) is 0 Å². The lowest BCUT2D eigenvalue weighted by molar-refractivity contribution is -0.116. The fraction of sp³-hybridized carbons (Fsp3) is 0.182. The molecule has 4 aromatic rings. The highest BCUT2D eigenvalue weighted by Crippen LogP contribution is 2.24. The van der Waals surface area contributed by atoms with Crippen molar-refractivity contribution in [3.8, 4) is 17.0 Å². The summed E-state index contributed by atoms with van der Waals surface area (Å²) in [6, 6.07) is 14.8. The molecule has 8 heteroatoms.